The summed E-state index contributed by atoms with van der Waals surface area (Å²) in [4.78, 5) is 11.9. The maximum Gasteiger partial charge on any atom is 0.325 e. The molecule has 0 spiro atoms. The Labute approximate surface area is 133 Å². The Morgan fingerprint density at radius 3 is 2.32 bits per heavy atom. The molecular formula is C16H31NO5. The van der Waals surface area contributed by atoms with Crippen LogP contribution in [0.15, 0.2) is 0 Å². The van der Waals surface area contributed by atoms with Gasteiger partial charge in [-0.05, 0) is 18.8 Å². The fourth-order valence-electron chi connectivity index (χ4n) is 2.12. The molecule has 1 saturated heterocycles. The van der Waals surface area contributed by atoms with Crippen LogP contribution >= 0.6 is 0 Å². The van der Waals surface area contributed by atoms with Gasteiger partial charge in [0.15, 0.2) is 0 Å². The van der Waals surface area contributed by atoms with Crippen LogP contribution in [-0.4, -0.2) is 56.8 Å². The van der Waals surface area contributed by atoms with Crippen LogP contribution in [0.4, 0.5) is 0 Å². The minimum absolute atomic E-state index is 0.129. The van der Waals surface area contributed by atoms with Crippen LogP contribution in [0.3, 0.4) is 0 Å². The van der Waals surface area contributed by atoms with Crippen molar-refractivity contribution in [1.29, 1.82) is 0 Å². The summed E-state index contributed by atoms with van der Waals surface area (Å²) in [5, 5.41) is 0. The van der Waals surface area contributed by atoms with E-state index >= 15 is 0 Å². The third kappa shape index (κ3) is 6.60. The molecule has 4 atom stereocenters. The molecular weight excluding hydrogens is 286 g/mol. The lowest BCUT2D eigenvalue weighted by Crippen LogP contribution is -2.45. The summed E-state index contributed by atoms with van der Waals surface area (Å²) in [5.41, 5.74) is 5.73. The summed E-state index contributed by atoms with van der Waals surface area (Å²) in [5.74, 6) is 0.318. The first-order valence-electron chi connectivity index (χ1n) is 8.08. The lowest BCUT2D eigenvalue weighted by molar-refractivity contribution is -0.169. The maximum atomic E-state index is 11.9. The van der Waals surface area contributed by atoms with Gasteiger partial charge in [0.05, 0.1) is 13.2 Å². The zero-order valence-electron chi connectivity index (χ0n) is 14.4. The van der Waals surface area contributed by atoms with Crippen LogP contribution < -0.4 is 5.73 Å². The van der Waals surface area contributed by atoms with Crippen molar-refractivity contribution >= 4 is 5.97 Å². The summed E-state index contributed by atoms with van der Waals surface area (Å²) in [6.07, 6.45) is -1.08. The molecule has 1 rings (SSSR count). The lowest BCUT2D eigenvalue weighted by Gasteiger charge is -2.31. The number of ether oxygens (including phenoxy) is 4. The van der Waals surface area contributed by atoms with E-state index in [2.05, 4.69) is 27.7 Å². The molecule has 0 unspecified atom stereocenters. The Morgan fingerprint density at radius 2 is 1.73 bits per heavy atom. The number of cyclic esters (lactones) is 1. The highest BCUT2D eigenvalue weighted by Gasteiger charge is 2.34. The predicted octanol–water partition coefficient (Wildman–Crippen LogP) is 1.36. The van der Waals surface area contributed by atoms with E-state index in [0.29, 0.717) is 31.7 Å². The molecule has 1 aliphatic rings. The first-order chi connectivity index (χ1) is 10.3. The summed E-state index contributed by atoms with van der Waals surface area (Å²) in [6, 6.07) is -0.767. The number of carbonyl (C=O) groups is 1. The quantitative estimate of drug-likeness (QED) is 0.745. The molecule has 130 valence electrons. The van der Waals surface area contributed by atoms with Gasteiger partial charge in [-0.3, -0.25) is 4.79 Å². The van der Waals surface area contributed by atoms with E-state index in [0.717, 1.165) is 0 Å². The van der Waals surface area contributed by atoms with Crippen molar-refractivity contribution in [2.45, 2.75) is 59.0 Å². The minimum Gasteiger partial charge on any atom is -0.459 e. The molecule has 0 radical (unpaired) electrons. The number of rotatable bonds is 6. The summed E-state index contributed by atoms with van der Waals surface area (Å²) in [6.45, 7) is 11.8. The third-order valence-corrected chi connectivity index (χ3v) is 3.28. The smallest absolute Gasteiger partial charge is 0.325 e. The fraction of sp³-hybridized carbons (Fsp3) is 0.938. The Kier molecular flexibility index (Phi) is 8.31. The SMILES string of the molecule is CC(C)CO[C@H]1[C@H](C)OC(=O)[C@@H](N)COC[C@@H]1OCC(C)C. The molecule has 0 aromatic rings. The average molecular weight is 317 g/mol. The monoisotopic (exact) mass is 317 g/mol. The largest absolute Gasteiger partial charge is 0.459 e. The number of esters is 1. The first kappa shape index (κ1) is 19.4. The van der Waals surface area contributed by atoms with Crippen LogP contribution in [0.25, 0.3) is 0 Å². The molecule has 1 fully saturated rings. The third-order valence-electron chi connectivity index (χ3n) is 3.28. The molecule has 0 aromatic heterocycles. The van der Waals surface area contributed by atoms with Crippen molar-refractivity contribution < 1.29 is 23.7 Å². The van der Waals surface area contributed by atoms with Gasteiger partial charge in [-0.25, -0.2) is 0 Å². The molecule has 0 amide bonds. The van der Waals surface area contributed by atoms with E-state index < -0.39 is 18.1 Å². The highest BCUT2D eigenvalue weighted by Crippen LogP contribution is 2.17. The summed E-state index contributed by atoms with van der Waals surface area (Å²) < 4.78 is 22.8. The van der Waals surface area contributed by atoms with Gasteiger partial charge in [-0.15, -0.1) is 0 Å². The zero-order chi connectivity index (χ0) is 16.7. The van der Waals surface area contributed by atoms with Gasteiger partial charge in [0, 0.05) is 13.2 Å². The van der Waals surface area contributed by atoms with Crippen LogP contribution in [0.2, 0.25) is 0 Å². The van der Waals surface area contributed by atoms with Crippen LogP contribution in [0.5, 0.6) is 0 Å². The van der Waals surface area contributed by atoms with Crippen LogP contribution in [-0.2, 0) is 23.7 Å². The summed E-state index contributed by atoms with van der Waals surface area (Å²) in [7, 11) is 0. The second-order valence-corrected chi connectivity index (χ2v) is 6.74. The molecule has 0 saturated carbocycles. The van der Waals surface area contributed by atoms with Gasteiger partial charge in [-0.1, -0.05) is 27.7 Å². The Hall–Kier alpha value is -0.690. The maximum absolute atomic E-state index is 11.9. The van der Waals surface area contributed by atoms with E-state index in [4.69, 9.17) is 24.7 Å². The van der Waals surface area contributed by atoms with Gasteiger partial charge < -0.3 is 24.7 Å². The number of hydrogen-bond acceptors (Lipinski definition) is 6. The van der Waals surface area contributed by atoms with Crippen LogP contribution in [0, 0.1) is 11.8 Å². The van der Waals surface area contributed by atoms with E-state index in [9.17, 15) is 4.79 Å². The van der Waals surface area contributed by atoms with Crippen molar-refractivity contribution in [3.8, 4) is 0 Å². The number of hydrogen-bond donors (Lipinski definition) is 1. The molecule has 0 bridgehead atoms. The number of carbonyl (C=O) groups excluding carboxylic acids is 1. The van der Waals surface area contributed by atoms with Crippen molar-refractivity contribution in [2.24, 2.45) is 17.6 Å². The normalized spacial score (nSPS) is 30.8. The van der Waals surface area contributed by atoms with Gasteiger partial charge in [0.1, 0.15) is 24.4 Å². The first-order valence-corrected chi connectivity index (χ1v) is 8.08. The molecule has 2 N–H and O–H groups in total. The molecule has 0 aliphatic carbocycles. The zero-order valence-corrected chi connectivity index (χ0v) is 14.4. The molecule has 1 heterocycles. The molecule has 6 nitrogen and oxygen atoms in total. The lowest BCUT2D eigenvalue weighted by atomic mass is 10.1. The Bertz CT molecular complexity index is 334. The average Bonchev–Trinajstić information content (AvgIpc) is 2.46. The van der Waals surface area contributed by atoms with Gasteiger partial charge in [-0.2, -0.15) is 0 Å². The standard InChI is InChI=1S/C16H31NO5/c1-10(2)6-20-14-9-19-8-13(17)16(18)22-12(5)15(14)21-7-11(3)4/h10-15H,6-9,17H2,1-5H3/t12-,13-,14-,15-/m0/s1. The van der Waals surface area contributed by atoms with Crippen molar-refractivity contribution in [3.05, 3.63) is 0 Å². The van der Waals surface area contributed by atoms with Crippen LogP contribution in [0.1, 0.15) is 34.6 Å². The van der Waals surface area contributed by atoms with Crippen molar-refractivity contribution in [1.82, 2.24) is 0 Å². The van der Waals surface area contributed by atoms with Gasteiger partial charge in [0.2, 0.25) is 0 Å². The van der Waals surface area contributed by atoms with E-state index in [1.807, 2.05) is 6.92 Å². The highest BCUT2D eigenvalue weighted by atomic mass is 16.6. The molecule has 6 heteroatoms. The topological polar surface area (TPSA) is 80.0 Å². The van der Waals surface area contributed by atoms with Gasteiger partial charge in [0.25, 0.3) is 0 Å². The second kappa shape index (κ2) is 9.45. The highest BCUT2D eigenvalue weighted by molar-refractivity contribution is 5.75. The Balaban J connectivity index is 2.81. The number of nitrogens with two attached hydrogens (primary N) is 1. The van der Waals surface area contributed by atoms with Crippen molar-refractivity contribution in [3.63, 3.8) is 0 Å². The second-order valence-electron chi connectivity index (χ2n) is 6.74. The van der Waals surface area contributed by atoms with E-state index in [1.165, 1.54) is 0 Å². The molecule has 22 heavy (non-hydrogen) atoms. The predicted molar refractivity (Wildman–Crippen MR) is 83.5 cm³/mol. The Morgan fingerprint density at radius 1 is 1.14 bits per heavy atom. The van der Waals surface area contributed by atoms with Crippen molar-refractivity contribution in [2.75, 3.05) is 26.4 Å². The van der Waals surface area contributed by atoms with E-state index in [-0.39, 0.29) is 18.8 Å². The van der Waals surface area contributed by atoms with Gasteiger partial charge >= 0.3 is 5.97 Å². The fourth-order valence-corrected chi connectivity index (χ4v) is 2.12. The summed E-state index contributed by atoms with van der Waals surface area (Å²) >= 11 is 0. The van der Waals surface area contributed by atoms with E-state index in [1.54, 1.807) is 0 Å². The molecule has 0 aromatic carbocycles. The minimum atomic E-state index is -0.767. The molecule has 1 aliphatic heterocycles.